The smallest absolute Gasteiger partial charge is 0.249 e. The number of hydrogen-bond acceptors (Lipinski definition) is 5. The Hall–Kier alpha value is -1.47. The van der Waals surface area contributed by atoms with Gasteiger partial charge in [0.1, 0.15) is 12.2 Å². The number of carbonyl (C=O) groups is 1. The highest BCUT2D eigenvalue weighted by molar-refractivity contribution is 5.80. The van der Waals surface area contributed by atoms with Crippen LogP contribution in [-0.4, -0.2) is 57.3 Å². The average molecular weight is 987 g/mol. The van der Waals surface area contributed by atoms with Gasteiger partial charge in [0.2, 0.25) is 5.91 Å². The Morgan fingerprint density at radius 3 is 0.900 bits per heavy atom. The van der Waals surface area contributed by atoms with E-state index in [0.717, 1.165) is 51.4 Å². The maximum Gasteiger partial charge on any atom is 0.249 e. The monoisotopic (exact) mass is 986 g/mol. The zero-order valence-corrected chi connectivity index (χ0v) is 47.0. The molecule has 0 aromatic carbocycles. The molecule has 0 aromatic rings. The number of nitrogens with one attached hydrogen (secondary N) is 1. The molecule has 5 N–H and O–H groups in total. The molecule has 0 bridgehead atoms. The largest absolute Gasteiger partial charge is 0.394 e. The molecule has 0 radical (unpaired) electrons. The fourth-order valence-corrected chi connectivity index (χ4v) is 9.91. The van der Waals surface area contributed by atoms with Gasteiger partial charge in [0.15, 0.2) is 0 Å². The van der Waals surface area contributed by atoms with E-state index in [1.165, 1.54) is 250 Å². The van der Waals surface area contributed by atoms with Crippen molar-refractivity contribution in [3.63, 3.8) is 0 Å². The molecule has 6 heteroatoms. The molecule has 0 aliphatic rings. The molecule has 0 aliphatic carbocycles. The number of allylic oxidation sites excluding steroid dienone is 6. The van der Waals surface area contributed by atoms with Crippen molar-refractivity contribution in [3.05, 3.63) is 36.5 Å². The van der Waals surface area contributed by atoms with E-state index in [1.54, 1.807) is 0 Å². The molecule has 0 fully saturated rings. The van der Waals surface area contributed by atoms with Gasteiger partial charge >= 0.3 is 0 Å². The molecule has 0 rings (SSSR count). The van der Waals surface area contributed by atoms with Crippen molar-refractivity contribution >= 4 is 5.91 Å². The Balaban J connectivity index is 3.64. The van der Waals surface area contributed by atoms with E-state index in [4.69, 9.17) is 0 Å². The highest BCUT2D eigenvalue weighted by Gasteiger charge is 2.28. The molecule has 0 aliphatic heterocycles. The summed E-state index contributed by atoms with van der Waals surface area (Å²) in [5.74, 6) is -0.594. The van der Waals surface area contributed by atoms with Crippen molar-refractivity contribution in [1.29, 1.82) is 0 Å². The zero-order chi connectivity index (χ0) is 50.9. The third kappa shape index (κ3) is 51.4. The molecule has 0 saturated carbocycles. The van der Waals surface area contributed by atoms with Crippen LogP contribution >= 0.6 is 0 Å². The van der Waals surface area contributed by atoms with Gasteiger partial charge in [-0.2, -0.15) is 0 Å². The first-order valence-corrected chi connectivity index (χ1v) is 31.4. The van der Waals surface area contributed by atoms with Crippen LogP contribution in [0.3, 0.4) is 0 Å². The van der Waals surface area contributed by atoms with E-state index in [2.05, 4.69) is 55.6 Å². The number of aliphatic hydroxyl groups is 4. The fourth-order valence-electron chi connectivity index (χ4n) is 9.91. The van der Waals surface area contributed by atoms with Gasteiger partial charge < -0.3 is 25.7 Å². The van der Waals surface area contributed by atoms with Crippen LogP contribution in [-0.2, 0) is 4.79 Å². The summed E-state index contributed by atoms with van der Waals surface area (Å²) in [5, 5.41) is 44.1. The number of amides is 1. The van der Waals surface area contributed by atoms with Gasteiger partial charge in [0.25, 0.3) is 0 Å². The maximum absolute atomic E-state index is 12.6. The summed E-state index contributed by atoms with van der Waals surface area (Å²) in [4.78, 5) is 12.6. The molecular weight excluding hydrogens is 863 g/mol. The number of hydrogen-bond donors (Lipinski definition) is 5. The van der Waals surface area contributed by atoms with Crippen LogP contribution in [0.25, 0.3) is 0 Å². The minimum absolute atomic E-state index is 0.362. The average Bonchev–Trinajstić information content (AvgIpc) is 3.36. The fraction of sp³-hybridized carbons (Fsp3) is 0.891. The predicted molar refractivity (Wildman–Crippen MR) is 307 cm³/mol. The number of rotatable bonds is 58. The van der Waals surface area contributed by atoms with Gasteiger partial charge in [0, 0.05) is 0 Å². The summed E-state index contributed by atoms with van der Waals surface area (Å²) in [6, 6.07) is -1.01. The van der Waals surface area contributed by atoms with E-state index in [0.29, 0.717) is 19.3 Å². The van der Waals surface area contributed by atoms with Crippen LogP contribution in [0.1, 0.15) is 335 Å². The second kappa shape index (κ2) is 58.4. The lowest BCUT2D eigenvalue weighted by Crippen LogP contribution is -2.53. The van der Waals surface area contributed by atoms with Gasteiger partial charge in [-0.1, -0.05) is 307 Å². The molecule has 1 amide bonds. The Kier molecular flexibility index (Phi) is 57.2. The Labute approximate surface area is 437 Å². The number of carbonyl (C=O) groups excluding carboxylic acids is 1. The Bertz CT molecular complexity index is 1110. The second-order valence-corrected chi connectivity index (χ2v) is 21.7. The highest BCUT2D eigenvalue weighted by atomic mass is 16.3. The molecule has 414 valence electrons. The van der Waals surface area contributed by atoms with Gasteiger partial charge in [-0.15, -0.1) is 0 Å². The summed E-state index contributed by atoms with van der Waals surface area (Å²) in [7, 11) is 0. The maximum atomic E-state index is 12.6. The van der Waals surface area contributed by atoms with Crippen LogP contribution < -0.4 is 5.32 Å². The van der Waals surface area contributed by atoms with Crippen molar-refractivity contribution in [2.75, 3.05) is 6.61 Å². The first-order valence-electron chi connectivity index (χ1n) is 31.4. The van der Waals surface area contributed by atoms with E-state index < -0.39 is 36.9 Å². The summed E-state index contributed by atoms with van der Waals surface area (Å²) < 4.78 is 0. The second-order valence-electron chi connectivity index (χ2n) is 21.7. The highest BCUT2D eigenvalue weighted by Crippen LogP contribution is 2.18. The van der Waals surface area contributed by atoms with Crippen LogP contribution in [0.4, 0.5) is 0 Å². The van der Waals surface area contributed by atoms with Crippen LogP contribution in [0.5, 0.6) is 0 Å². The van der Waals surface area contributed by atoms with Gasteiger partial charge in [0.05, 0.1) is 18.8 Å². The minimum Gasteiger partial charge on any atom is -0.394 e. The summed E-state index contributed by atoms with van der Waals surface area (Å²) in [6.07, 6.45) is 73.8. The third-order valence-corrected chi connectivity index (χ3v) is 14.8. The van der Waals surface area contributed by atoms with Crippen molar-refractivity contribution in [1.82, 2.24) is 5.32 Å². The van der Waals surface area contributed by atoms with Crippen molar-refractivity contribution in [3.8, 4) is 0 Å². The molecule has 0 spiro atoms. The molecule has 6 nitrogen and oxygen atoms in total. The molecule has 4 atom stereocenters. The van der Waals surface area contributed by atoms with Gasteiger partial charge in [-0.3, -0.25) is 4.79 Å². The van der Waals surface area contributed by atoms with E-state index in [1.807, 2.05) is 0 Å². The molecule has 0 aromatic heterocycles. The minimum atomic E-state index is -1.29. The summed E-state index contributed by atoms with van der Waals surface area (Å²) >= 11 is 0. The van der Waals surface area contributed by atoms with E-state index in [-0.39, 0.29) is 0 Å². The third-order valence-electron chi connectivity index (χ3n) is 14.8. The SMILES string of the molecule is CCCCCCCCCCCCCCC/C=C/CC/C=C/CC/C=C/CCCC(O)C(O)C(CO)NC(=O)C(O)CCCCCCCCCCCCCCCCCCCCCCCCCCCCCC. The molecule has 70 heavy (non-hydrogen) atoms. The summed E-state index contributed by atoms with van der Waals surface area (Å²) in [6.45, 7) is 4.08. The number of aliphatic hydroxyl groups excluding tert-OH is 4. The van der Waals surface area contributed by atoms with Crippen LogP contribution in [0.15, 0.2) is 36.5 Å². The van der Waals surface area contributed by atoms with Gasteiger partial charge in [-0.25, -0.2) is 0 Å². The molecular formula is C64H123NO5. The lowest BCUT2D eigenvalue weighted by Gasteiger charge is -2.27. The van der Waals surface area contributed by atoms with Crippen molar-refractivity contribution in [2.45, 2.75) is 359 Å². The zero-order valence-electron chi connectivity index (χ0n) is 47.0. The summed E-state index contributed by atoms with van der Waals surface area (Å²) in [5.41, 5.74) is 0. The topological polar surface area (TPSA) is 110 Å². The first-order chi connectivity index (χ1) is 34.5. The van der Waals surface area contributed by atoms with E-state index in [9.17, 15) is 25.2 Å². The molecule has 4 unspecified atom stereocenters. The predicted octanol–water partition coefficient (Wildman–Crippen LogP) is 18.8. The Morgan fingerprint density at radius 2 is 0.600 bits per heavy atom. The van der Waals surface area contributed by atoms with Gasteiger partial charge in [-0.05, 0) is 64.2 Å². The van der Waals surface area contributed by atoms with Crippen LogP contribution in [0.2, 0.25) is 0 Å². The normalized spacial score (nSPS) is 13.9. The lowest BCUT2D eigenvalue weighted by atomic mass is 10.00. The van der Waals surface area contributed by atoms with Crippen molar-refractivity contribution < 1.29 is 25.2 Å². The number of unbranched alkanes of at least 4 members (excludes halogenated alkanes) is 43. The van der Waals surface area contributed by atoms with E-state index >= 15 is 0 Å². The van der Waals surface area contributed by atoms with Crippen LogP contribution in [0, 0.1) is 0 Å². The standard InChI is InChI=1S/C64H123NO5/c1-3-5-7-9-11-13-15-17-19-21-23-25-27-29-31-32-34-36-38-40-42-44-46-48-50-52-54-56-58-62(68)64(70)65-60(59-66)63(69)61(67)57-55-53-51-49-47-45-43-41-39-37-35-33-30-28-26-24-22-20-18-16-14-12-10-8-6-4-2/h33,35,41,43,49,51,60-63,66-69H,3-32,34,36-40,42,44-48,50,52-59H2,1-2H3,(H,65,70)/b35-33+,43-41+,51-49+. The Morgan fingerprint density at radius 1 is 0.343 bits per heavy atom. The molecule has 0 heterocycles. The molecule has 0 saturated heterocycles. The lowest BCUT2D eigenvalue weighted by molar-refractivity contribution is -0.132. The first kappa shape index (κ1) is 68.5. The van der Waals surface area contributed by atoms with Crippen molar-refractivity contribution in [2.24, 2.45) is 0 Å². The quantitative estimate of drug-likeness (QED) is 0.0308.